The molecule has 0 radical (unpaired) electrons. The lowest BCUT2D eigenvalue weighted by molar-refractivity contribution is -0.116. The topological polar surface area (TPSA) is 88.1 Å². The molecule has 8 nitrogen and oxygen atoms in total. The van der Waals surface area contributed by atoms with Gasteiger partial charge in [0.15, 0.2) is 5.96 Å². The number of aromatic nitrogens is 1. The van der Waals surface area contributed by atoms with Crippen molar-refractivity contribution in [3.8, 4) is 0 Å². The number of hydrogen-bond donors (Lipinski definition) is 2. The maximum absolute atomic E-state index is 12.0. The molecular formula is C19H32IN5O3. The minimum atomic E-state index is -0.0693. The van der Waals surface area contributed by atoms with Crippen molar-refractivity contribution < 1.29 is 14.3 Å². The maximum Gasteiger partial charge on any atom is 0.227 e. The van der Waals surface area contributed by atoms with Gasteiger partial charge in [0.25, 0.3) is 0 Å². The highest BCUT2D eigenvalue weighted by Gasteiger charge is 2.24. The third kappa shape index (κ3) is 8.70. The smallest absolute Gasteiger partial charge is 0.227 e. The Bertz CT molecular complexity index is 612. The molecule has 1 aromatic rings. The number of likely N-dealkylation sites (tertiary alicyclic amines) is 1. The fourth-order valence-electron chi connectivity index (χ4n) is 2.92. The first-order chi connectivity index (χ1) is 13.1. The lowest BCUT2D eigenvalue weighted by Gasteiger charge is -2.21. The van der Waals surface area contributed by atoms with E-state index in [0.717, 1.165) is 37.6 Å². The average molecular weight is 505 g/mol. The van der Waals surface area contributed by atoms with Crippen LogP contribution in [0.2, 0.25) is 0 Å². The van der Waals surface area contributed by atoms with E-state index in [1.807, 2.05) is 13.0 Å². The number of nitrogens with zero attached hydrogens (tertiary/aromatic N) is 3. The monoisotopic (exact) mass is 505 g/mol. The van der Waals surface area contributed by atoms with Crippen LogP contribution in [-0.4, -0.2) is 75.4 Å². The van der Waals surface area contributed by atoms with Crippen molar-refractivity contribution in [1.82, 2.24) is 15.2 Å². The molecule has 2 rings (SSSR count). The molecule has 1 atom stereocenters. The molecule has 0 spiro atoms. The van der Waals surface area contributed by atoms with Crippen molar-refractivity contribution in [1.29, 1.82) is 0 Å². The number of halogens is 1. The molecule has 1 aromatic heterocycles. The minimum Gasteiger partial charge on any atom is -0.382 e. The number of nitrogens with one attached hydrogen (secondary N) is 2. The van der Waals surface area contributed by atoms with E-state index in [2.05, 4.69) is 25.5 Å². The molecule has 1 aliphatic rings. The van der Waals surface area contributed by atoms with E-state index in [4.69, 9.17) is 9.47 Å². The van der Waals surface area contributed by atoms with Crippen LogP contribution in [0.15, 0.2) is 23.3 Å². The van der Waals surface area contributed by atoms with Gasteiger partial charge in [0, 0.05) is 52.3 Å². The maximum atomic E-state index is 12.0. The average Bonchev–Trinajstić information content (AvgIpc) is 3.13. The van der Waals surface area contributed by atoms with Crippen LogP contribution < -0.4 is 10.6 Å². The van der Waals surface area contributed by atoms with E-state index in [-0.39, 0.29) is 29.9 Å². The third-order valence-corrected chi connectivity index (χ3v) is 4.40. The Labute approximate surface area is 184 Å². The van der Waals surface area contributed by atoms with Crippen LogP contribution in [0.4, 0.5) is 5.82 Å². The summed E-state index contributed by atoms with van der Waals surface area (Å²) in [5.41, 5.74) is 1.06. The number of amides is 1. The van der Waals surface area contributed by atoms with Crippen LogP contribution in [-0.2, 0) is 14.3 Å². The van der Waals surface area contributed by atoms with E-state index in [0.29, 0.717) is 37.9 Å². The fraction of sp³-hybridized carbons (Fsp3) is 0.632. The number of aryl methyl sites for hydroxylation is 1. The van der Waals surface area contributed by atoms with Gasteiger partial charge in [-0.2, -0.15) is 0 Å². The molecule has 1 amide bonds. The molecule has 2 heterocycles. The summed E-state index contributed by atoms with van der Waals surface area (Å²) in [4.78, 5) is 22.8. The molecule has 1 aliphatic heterocycles. The number of carbonyl (C=O) groups is 1. The van der Waals surface area contributed by atoms with Gasteiger partial charge in [-0.3, -0.25) is 9.79 Å². The lowest BCUT2D eigenvalue weighted by atomic mass is 10.1. The molecule has 9 heteroatoms. The first-order valence-electron chi connectivity index (χ1n) is 9.37. The van der Waals surface area contributed by atoms with Gasteiger partial charge in [-0.15, -0.1) is 24.0 Å². The van der Waals surface area contributed by atoms with Gasteiger partial charge in [0.1, 0.15) is 5.82 Å². The summed E-state index contributed by atoms with van der Waals surface area (Å²) < 4.78 is 10.6. The van der Waals surface area contributed by atoms with E-state index in [1.165, 1.54) is 0 Å². The summed E-state index contributed by atoms with van der Waals surface area (Å²) in [6.45, 7) is 6.33. The molecule has 28 heavy (non-hydrogen) atoms. The Balaban J connectivity index is 0.00000392. The summed E-state index contributed by atoms with van der Waals surface area (Å²) >= 11 is 0. The number of aliphatic imine (C=N–C) groups is 1. The number of carbonyl (C=O) groups excluding carboxylic acids is 1. The predicted molar refractivity (Wildman–Crippen MR) is 121 cm³/mol. The first-order valence-corrected chi connectivity index (χ1v) is 9.37. The van der Waals surface area contributed by atoms with Crippen molar-refractivity contribution in [3.63, 3.8) is 0 Å². The van der Waals surface area contributed by atoms with Crippen molar-refractivity contribution in [2.75, 3.05) is 58.9 Å². The van der Waals surface area contributed by atoms with Crippen LogP contribution >= 0.6 is 24.0 Å². The highest BCUT2D eigenvalue weighted by atomic mass is 127. The van der Waals surface area contributed by atoms with Gasteiger partial charge in [-0.05, 0) is 25.0 Å². The van der Waals surface area contributed by atoms with Gasteiger partial charge < -0.3 is 25.0 Å². The zero-order valence-electron chi connectivity index (χ0n) is 16.9. The molecule has 2 N–H and O–H groups in total. The molecular weight excluding hydrogens is 473 g/mol. The summed E-state index contributed by atoms with van der Waals surface area (Å²) in [7, 11) is 3.44. The lowest BCUT2D eigenvalue weighted by Crippen LogP contribution is -2.41. The molecule has 0 aromatic carbocycles. The van der Waals surface area contributed by atoms with Gasteiger partial charge in [0.2, 0.25) is 5.91 Å². The molecule has 0 saturated carbocycles. The van der Waals surface area contributed by atoms with Crippen LogP contribution in [0.5, 0.6) is 0 Å². The van der Waals surface area contributed by atoms with Crippen LogP contribution in [0, 0.1) is 12.8 Å². The normalized spacial score (nSPS) is 16.6. The van der Waals surface area contributed by atoms with Gasteiger partial charge in [-0.1, -0.05) is 6.07 Å². The molecule has 1 saturated heterocycles. The van der Waals surface area contributed by atoms with E-state index in [1.54, 1.807) is 26.4 Å². The Morgan fingerprint density at radius 3 is 2.89 bits per heavy atom. The minimum absolute atomic E-state index is 0. The van der Waals surface area contributed by atoms with Crippen molar-refractivity contribution in [2.24, 2.45) is 10.9 Å². The number of rotatable bonds is 9. The highest BCUT2D eigenvalue weighted by Crippen LogP contribution is 2.16. The predicted octanol–water partition coefficient (Wildman–Crippen LogP) is 1.90. The second kappa shape index (κ2) is 13.7. The zero-order valence-corrected chi connectivity index (χ0v) is 19.3. The number of anilines is 1. The zero-order chi connectivity index (χ0) is 19.5. The Morgan fingerprint density at radius 1 is 1.39 bits per heavy atom. The van der Waals surface area contributed by atoms with Crippen molar-refractivity contribution >= 4 is 41.7 Å². The number of ether oxygens (including phenoxy) is 2. The summed E-state index contributed by atoms with van der Waals surface area (Å²) in [6, 6.07) is 3.73. The standard InChI is InChI=1S/C19H31N5O3.HI/c1-15-4-5-17(22-12-15)23-18(25)6-8-21-19(20-2)24-9-7-16(13-24)14-27-11-10-26-3;/h4-5,12,16H,6-11,13-14H2,1-3H3,(H,20,21)(H,22,23,25);1H. The fourth-order valence-corrected chi connectivity index (χ4v) is 2.92. The number of hydrogen-bond acceptors (Lipinski definition) is 5. The summed E-state index contributed by atoms with van der Waals surface area (Å²) in [5, 5.41) is 6.07. The van der Waals surface area contributed by atoms with E-state index in [9.17, 15) is 4.79 Å². The Hall–Kier alpha value is -1.46. The number of guanidine groups is 1. The van der Waals surface area contributed by atoms with Gasteiger partial charge in [0.05, 0.1) is 19.8 Å². The molecule has 0 aliphatic carbocycles. The molecule has 158 valence electrons. The van der Waals surface area contributed by atoms with E-state index >= 15 is 0 Å². The third-order valence-electron chi connectivity index (χ3n) is 4.40. The SMILES string of the molecule is CN=C(NCCC(=O)Nc1ccc(C)cn1)N1CCC(COCCOC)C1.I. The van der Waals surface area contributed by atoms with Crippen LogP contribution in [0.25, 0.3) is 0 Å². The second-order valence-electron chi connectivity index (χ2n) is 6.66. The second-order valence-corrected chi connectivity index (χ2v) is 6.66. The quantitative estimate of drug-likeness (QED) is 0.231. The van der Waals surface area contributed by atoms with Crippen LogP contribution in [0.3, 0.4) is 0 Å². The number of pyridine rings is 1. The molecule has 1 unspecified atom stereocenters. The summed E-state index contributed by atoms with van der Waals surface area (Å²) in [6.07, 6.45) is 3.16. The van der Waals surface area contributed by atoms with Crippen molar-refractivity contribution in [3.05, 3.63) is 23.9 Å². The molecule has 1 fully saturated rings. The Morgan fingerprint density at radius 2 is 2.21 bits per heavy atom. The molecule has 0 bridgehead atoms. The largest absolute Gasteiger partial charge is 0.382 e. The number of methoxy groups -OCH3 is 1. The summed E-state index contributed by atoms with van der Waals surface area (Å²) in [5.74, 6) is 1.83. The van der Waals surface area contributed by atoms with E-state index < -0.39 is 0 Å². The highest BCUT2D eigenvalue weighted by molar-refractivity contribution is 14.0. The Kier molecular flexibility index (Phi) is 12.0. The van der Waals surface area contributed by atoms with Gasteiger partial charge >= 0.3 is 0 Å². The van der Waals surface area contributed by atoms with Crippen molar-refractivity contribution in [2.45, 2.75) is 19.8 Å². The first kappa shape index (κ1) is 24.6. The van der Waals surface area contributed by atoms with Crippen LogP contribution in [0.1, 0.15) is 18.4 Å². The van der Waals surface area contributed by atoms with Gasteiger partial charge in [-0.25, -0.2) is 4.98 Å².